The number of aromatic hydroxyl groups is 1. The van der Waals surface area contributed by atoms with Gasteiger partial charge in [0, 0.05) is 5.56 Å². The highest BCUT2D eigenvalue weighted by Crippen LogP contribution is 2.31. The number of nitrogens with zero attached hydrogens (tertiary/aromatic N) is 1. The molecular weight excluding hydrogens is 389 g/mol. The Morgan fingerprint density at radius 3 is 2.70 bits per heavy atom. The van der Waals surface area contributed by atoms with Gasteiger partial charge in [-0.05, 0) is 50.1 Å². The van der Waals surface area contributed by atoms with E-state index < -0.39 is 23.5 Å². The van der Waals surface area contributed by atoms with Crippen LogP contribution in [0, 0.1) is 11.7 Å². The van der Waals surface area contributed by atoms with E-state index in [2.05, 4.69) is 22.4 Å². The van der Waals surface area contributed by atoms with E-state index in [9.17, 15) is 19.1 Å². The number of hydrogen-bond donors (Lipinski definition) is 3. The van der Waals surface area contributed by atoms with Gasteiger partial charge in [0.15, 0.2) is 11.5 Å². The number of anilines is 1. The van der Waals surface area contributed by atoms with Crippen LogP contribution in [0.3, 0.4) is 0 Å². The standard InChI is InChI=1S/C22H24FN3O4/c1-4-8-16-11-15(12-19(20(16)27)30-5-2)13-24-26-22(29)14(3)21(28)25-18-10-7-6-9-17(18)23/h4,6-7,9-14,27H,1,5,8H2,2-3H3,(H,25,28)(H,26,29). The van der Waals surface area contributed by atoms with Crippen LogP contribution in [0.2, 0.25) is 0 Å². The molecule has 158 valence electrons. The van der Waals surface area contributed by atoms with Crippen molar-refractivity contribution in [2.24, 2.45) is 11.0 Å². The van der Waals surface area contributed by atoms with E-state index in [0.717, 1.165) is 0 Å². The van der Waals surface area contributed by atoms with Crippen molar-refractivity contribution in [3.63, 3.8) is 0 Å². The van der Waals surface area contributed by atoms with Gasteiger partial charge in [0.2, 0.25) is 5.91 Å². The number of para-hydroxylation sites is 1. The van der Waals surface area contributed by atoms with E-state index in [1.165, 1.54) is 31.3 Å². The van der Waals surface area contributed by atoms with Gasteiger partial charge in [0.25, 0.3) is 5.91 Å². The molecule has 2 aromatic rings. The highest BCUT2D eigenvalue weighted by Gasteiger charge is 2.22. The summed E-state index contributed by atoms with van der Waals surface area (Å²) >= 11 is 0. The molecule has 0 heterocycles. The SMILES string of the molecule is C=CCc1cc(C=NNC(=O)C(C)C(=O)Nc2ccccc2F)cc(OCC)c1O. The van der Waals surface area contributed by atoms with Gasteiger partial charge >= 0.3 is 0 Å². The van der Waals surface area contributed by atoms with Crippen LogP contribution in [-0.4, -0.2) is 29.7 Å². The first-order chi connectivity index (χ1) is 14.4. The maximum absolute atomic E-state index is 13.6. The van der Waals surface area contributed by atoms with Crippen LogP contribution in [0.5, 0.6) is 11.5 Å². The van der Waals surface area contributed by atoms with E-state index in [1.807, 2.05) is 0 Å². The molecule has 0 fully saturated rings. The molecule has 1 unspecified atom stereocenters. The summed E-state index contributed by atoms with van der Waals surface area (Å²) in [6.45, 7) is 7.20. The molecule has 0 aliphatic carbocycles. The second-order valence-corrected chi connectivity index (χ2v) is 6.38. The molecule has 7 nitrogen and oxygen atoms in total. The van der Waals surface area contributed by atoms with Crippen molar-refractivity contribution in [3.05, 3.63) is 66.0 Å². The highest BCUT2D eigenvalue weighted by molar-refractivity contribution is 6.06. The fraction of sp³-hybridized carbons (Fsp3) is 0.227. The predicted octanol–water partition coefficient (Wildman–Crippen LogP) is 3.38. The second kappa shape index (κ2) is 10.8. The molecule has 0 radical (unpaired) electrons. The van der Waals surface area contributed by atoms with Crippen molar-refractivity contribution in [1.29, 1.82) is 0 Å². The molecule has 0 spiro atoms. The molecule has 3 N–H and O–H groups in total. The topological polar surface area (TPSA) is 100 Å². The average Bonchev–Trinajstić information content (AvgIpc) is 2.72. The van der Waals surface area contributed by atoms with E-state index >= 15 is 0 Å². The van der Waals surface area contributed by atoms with Crippen molar-refractivity contribution in [2.75, 3.05) is 11.9 Å². The zero-order valence-corrected chi connectivity index (χ0v) is 16.8. The predicted molar refractivity (Wildman–Crippen MR) is 113 cm³/mol. The number of carbonyl (C=O) groups excluding carboxylic acids is 2. The van der Waals surface area contributed by atoms with Gasteiger partial charge in [0.05, 0.1) is 18.5 Å². The van der Waals surface area contributed by atoms with E-state index in [1.54, 1.807) is 31.2 Å². The molecule has 0 bridgehead atoms. The molecule has 8 heteroatoms. The zero-order valence-electron chi connectivity index (χ0n) is 16.8. The van der Waals surface area contributed by atoms with Gasteiger partial charge in [-0.1, -0.05) is 18.2 Å². The first kappa shape index (κ1) is 22.6. The number of phenols is 1. The fourth-order valence-corrected chi connectivity index (χ4v) is 2.53. The Balaban J connectivity index is 2.04. The number of hydrazone groups is 1. The Hall–Kier alpha value is -3.68. The molecule has 0 aromatic heterocycles. The minimum absolute atomic E-state index is 0.00653. The molecule has 0 saturated heterocycles. The minimum Gasteiger partial charge on any atom is -0.504 e. The normalized spacial score (nSPS) is 11.7. The van der Waals surface area contributed by atoms with Crippen molar-refractivity contribution in [2.45, 2.75) is 20.3 Å². The number of rotatable bonds is 9. The summed E-state index contributed by atoms with van der Waals surface area (Å²) in [5.41, 5.74) is 3.45. The maximum Gasteiger partial charge on any atom is 0.252 e. The molecule has 30 heavy (non-hydrogen) atoms. The minimum atomic E-state index is -1.10. The molecular formula is C22H24FN3O4. The summed E-state index contributed by atoms with van der Waals surface area (Å²) in [6, 6.07) is 8.94. The summed E-state index contributed by atoms with van der Waals surface area (Å²) in [4.78, 5) is 24.4. The van der Waals surface area contributed by atoms with Gasteiger partial charge in [-0.25, -0.2) is 9.82 Å². The van der Waals surface area contributed by atoms with Gasteiger partial charge in [-0.2, -0.15) is 5.10 Å². The van der Waals surface area contributed by atoms with Crippen molar-refractivity contribution < 1.29 is 23.8 Å². The van der Waals surface area contributed by atoms with Crippen LogP contribution in [0.15, 0.2) is 54.2 Å². The monoisotopic (exact) mass is 413 g/mol. The smallest absolute Gasteiger partial charge is 0.252 e. The van der Waals surface area contributed by atoms with Crippen molar-refractivity contribution in [1.82, 2.24) is 5.43 Å². The number of nitrogens with one attached hydrogen (secondary N) is 2. The summed E-state index contributed by atoms with van der Waals surface area (Å²) in [5.74, 6) is -2.70. The quantitative estimate of drug-likeness (QED) is 0.254. The summed E-state index contributed by atoms with van der Waals surface area (Å²) in [7, 11) is 0. The fourth-order valence-electron chi connectivity index (χ4n) is 2.53. The lowest BCUT2D eigenvalue weighted by Crippen LogP contribution is -2.34. The molecule has 1 atom stereocenters. The van der Waals surface area contributed by atoms with E-state index in [0.29, 0.717) is 29.9 Å². The van der Waals surface area contributed by atoms with Crippen LogP contribution in [0.4, 0.5) is 10.1 Å². The Morgan fingerprint density at radius 2 is 2.03 bits per heavy atom. The Labute approximate surface area is 174 Å². The van der Waals surface area contributed by atoms with Crippen LogP contribution in [0.1, 0.15) is 25.0 Å². The lowest BCUT2D eigenvalue weighted by Gasteiger charge is -2.12. The lowest BCUT2D eigenvalue weighted by atomic mass is 10.1. The number of hydrogen-bond acceptors (Lipinski definition) is 5. The Bertz CT molecular complexity index is 959. The third-order valence-electron chi connectivity index (χ3n) is 4.15. The number of allylic oxidation sites excluding steroid dienone is 1. The number of ether oxygens (including phenoxy) is 1. The molecule has 0 saturated carbocycles. The first-order valence-electron chi connectivity index (χ1n) is 9.35. The zero-order chi connectivity index (χ0) is 22.1. The number of amides is 2. The first-order valence-corrected chi connectivity index (χ1v) is 9.35. The number of halogens is 1. The van der Waals surface area contributed by atoms with Crippen molar-refractivity contribution >= 4 is 23.7 Å². The summed E-state index contributed by atoms with van der Waals surface area (Å²) < 4.78 is 19.0. The van der Waals surface area contributed by atoms with Gasteiger partial charge in [0.1, 0.15) is 11.7 Å². The van der Waals surface area contributed by atoms with E-state index in [-0.39, 0.29) is 11.4 Å². The summed E-state index contributed by atoms with van der Waals surface area (Å²) in [5, 5.41) is 16.4. The van der Waals surface area contributed by atoms with Crippen LogP contribution in [0.25, 0.3) is 0 Å². The highest BCUT2D eigenvalue weighted by atomic mass is 19.1. The Kier molecular flexibility index (Phi) is 8.10. The lowest BCUT2D eigenvalue weighted by molar-refractivity contribution is -0.131. The third kappa shape index (κ3) is 5.91. The van der Waals surface area contributed by atoms with Crippen LogP contribution < -0.4 is 15.5 Å². The average molecular weight is 413 g/mol. The van der Waals surface area contributed by atoms with Gasteiger partial charge in [-0.3, -0.25) is 9.59 Å². The molecule has 2 amide bonds. The third-order valence-corrected chi connectivity index (χ3v) is 4.15. The molecule has 0 aliphatic heterocycles. The summed E-state index contributed by atoms with van der Waals surface area (Å²) in [6.07, 6.45) is 3.43. The largest absolute Gasteiger partial charge is 0.504 e. The molecule has 2 aromatic carbocycles. The molecule has 0 aliphatic rings. The van der Waals surface area contributed by atoms with Gasteiger partial charge in [-0.15, -0.1) is 6.58 Å². The number of carbonyl (C=O) groups is 2. The van der Waals surface area contributed by atoms with Gasteiger partial charge < -0.3 is 15.2 Å². The molecule has 2 rings (SSSR count). The second-order valence-electron chi connectivity index (χ2n) is 6.38. The van der Waals surface area contributed by atoms with Crippen molar-refractivity contribution in [3.8, 4) is 11.5 Å². The number of benzene rings is 2. The van der Waals surface area contributed by atoms with Crippen LogP contribution >= 0.6 is 0 Å². The van der Waals surface area contributed by atoms with E-state index in [4.69, 9.17) is 4.74 Å². The Morgan fingerprint density at radius 1 is 1.30 bits per heavy atom. The number of phenolic OH excluding ortho intramolecular Hbond substituents is 1. The maximum atomic E-state index is 13.6. The van der Waals surface area contributed by atoms with Crippen LogP contribution in [-0.2, 0) is 16.0 Å².